The number of hydrogen-bond donors (Lipinski definition) is 2. The first-order chi connectivity index (χ1) is 19.8. The van der Waals surface area contributed by atoms with E-state index in [4.69, 9.17) is 4.98 Å². The molecule has 0 atom stereocenters. The van der Waals surface area contributed by atoms with Crippen LogP contribution >= 0.6 is 0 Å². The van der Waals surface area contributed by atoms with Gasteiger partial charge in [0, 0.05) is 65.4 Å². The Morgan fingerprint density at radius 1 is 0.619 bits per heavy atom. The third-order valence-electron chi connectivity index (χ3n) is 8.26. The number of nitrogens with one attached hydrogen (secondary N) is 1. The average Bonchev–Trinajstić information content (AvgIpc) is 3.39. The lowest BCUT2D eigenvalue weighted by Gasteiger charge is -2.28. The van der Waals surface area contributed by atoms with Gasteiger partial charge >= 0.3 is 0 Å². The van der Waals surface area contributed by atoms with Crippen molar-refractivity contribution in [2.45, 2.75) is 80.1 Å². The summed E-state index contributed by atoms with van der Waals surface area (Å²) in [6.45, 7) is 25.5. The molecule has 4 rings (SSSR count). The lowest BCUT2D eigenvalue weighted by Crippen LogP contribution is -2.21. The fourth-order valence-corrected chi connectivity index (χ4v) is 5.69. The number of hydrogen-bond acceptors (Lipinski definition) is 4. The van der Waals surface area contributed by atoms with Crippen molar-refractivity contribution in [3.8, 4) is 39.7 Å². The number of aromatic hydroxyl groups is 1. The summed E-state index contributed by atoms with van der Waals surface area (Å²) in [5.74, 6) is 1.18. The van der Waals surface area contributed by atoms with E-state index in [-0.39, 0.29) is 10.8 Å². The van der Waals surface area contributed by atoms with Crippen LogP contribution in [0.2, 0.25) is 0 Å². The first-order valence-corrected chi connectivity index (χ1v) is 15.5. The van der Waals surface area contributed by atoms with E-state index in [2.05, 4.69) is 145 Å². The van der Waals surface area contributed by atoms with Crippen molar-refractivity contribution in [3.05, 3.63) is 71.8 Å². The van der Waals surface area contributed by atoms with E-state index < -0.39 is 0 Å². The number of benzene rings is 3. The Morgan fingerprint density at radius 3 is 1.40 bits per heavy atom. The van der Waals surface area contributed by atoms with Gasteiger partial charge in [-0.2, -0.15) is 0 Å². The number of H-pyrrole nitrogens is 1. The average molecular weight is 567 g/mol. The van der Waals surface area contributed by atoms with Crippen LogP contribution in [0.25, 0.3) is 33.9 Å². The van der Waals surface area contributed by atoms with Crippen molar-refractivity contribution in [2.24, 2.45) is 0 Å². The van der Waals surface area contributed by atoms with Crippen LogP contribution in [0.4, 0.5) is 11.4 Å². The number of phenolic OH excluding ortho intramolecular Hbond substituents is 1. The molecule has 5 nitrogen and oxygen atoms in total. The van der Waals surface area contributed by atoms with Crippen molar-refractivity contribution < 1.29 is 5.11 Å². The maximum atomic E-state index is 11.3. The van der Waals surface area contributed by atoms with Gasteiger partial charge in [0.1, 0.15) is 11.6 Å². The number of imidazole rings is 1. The number of aromatic nitrogens is 2. The minimum atomic E-state index is -0.223. The molecule has 0 unspecified atom stereocenters. The summed E-state index contributed by atoms with van der Waals surface area (Å²) >= 11 is 0. The first kappa shape index (κ1) is 31.2. The van der Waals surface area contributed by atoms with Gasteiger partial charge in [-0.15, -0.1) is 0 Å². The molecule has 2 N–H and O–H groups in total. The van der Waals surface area contributed by atoms with Crippen molar-refractivity contribution in [2.75, 3.05) is 36.0 Å². The van der Waals surface area contributed by atoms with Crippen LogP contribution in [0.5, 0.6) is 5.75 Å². The van der Waals surface area contributed by atoms with Gasteiger partial charge in [0.05, 0.1) is 11.4 Å². The van der Waals surface area contributed by atoms with E-state index in [0.29, 0.717) is 5.75 Å². The topological polar surface area (TPSA) is 55.4 Å². The van der Waals surface area contributed by atoms with Crippen molar-refractivity contribution >= 4 is 11.4 Å². The van der Waals surface area contributed by atoms with Crippen LogP contribution in [-0.4, -0.2) is 41.3 Å². The molecule has 0 radical (unpaired) electrons. The van der Waals surface area contributed by atoms with E-state index in [9.17, 15) is 5.11 Å². The van der Waals surface area contributed by atoms with E-state index in [0.717, 1.165) is 71.2 Å². The Kier molecular flexibility index (Phi) is 9.10. The van der Waals surface area contributed by atoms with Gasteiger partial charge in [-0.25, -0.2) is 4.98 Å². The van der Waals surface area contributed by atoms with Gasteiger partial charge in [-0.05, 0) is 74.9 Å². The molecule has 1 aromatic heterocycles. The summed E-state index contributed by atoms with van der Waals surface area (Å²) in [5, 5.41) is 11.3. The lowest BCUT2D eigenvalue weighted by atomic mass is 9.78. The molecule has 3 aromatic carbocycles. The number of rotatable bonds is 9. The summed E-state index contributed by atoms with van der Waals surface area (Å²) in [6, 6.07) is 21.7. The van der Waals surface area contributed by atoms with Crippen molar-refractivity contribution in [3.63, 3.8) is 0 Å². The van der Waals surface area contributed by atoms with E-state index in [1.165, 1.54) is 11.4 Å². The Balaban J connectivity index is 1.92. The normalized spacial score (nSPS) is 12.0. The fourth-order valence-electron chi connectivity index (χ4n) is 5.69. The van der Waals surface area contributed by atoms with Gasteiger partial charge in [-0.1, -0.05) is 65.8 Å². The zero-order valence-electron chi connectivity index (χ0n) is 27.4. The van der Waals surface area contributed by atoms with Crippen LogP contribution in [0, 0.1) is 0 Å². The summed E-state index contributed by atoms with van der Waals surface area (Å²) in [7, 11) is 0. The van der Waals surface area contributed by atoms with Crippen molar-refractivity contribution in [1.29, 1.82) is 0 Å². The predicted octanol–water partition coefficient (Wildman–Crippen LogP) is 9.40. The highest BCUT2D eigenvalue weighted by Crippen LogP contribution is 2.43. The molecule has 0 bridgehead atoms. The molecule has 0 aliphatic heterocycles. The maximum Gasteiger partial charge on any atom is 0.138 e. The minimum Gasteiger partial charge on any atom is -0.507 e. The van der Waals surface area contributed by atoms with Crippen LogP contribution < -0.4 is 9.80 Å². The zero-order valence-corrected chi connectivity index (χ0v) is 27.4. The van der Waals surface area contributed by atoms with Gasteiger partial charge in [0.25, 0.3) is 0 Å². The second-order valence-electron chi connectivity index (χ2n) is 13.2. The smallest absolute Gasteiger partial charge is 0.138 e. The third-order valence-corrected chi connectivity index (χ3v) is 8.26. The standard InChI is InChI=1S/C37H50N4O/c1-11-40(12-2)28-19-15-25(16-20-28)32-33(26-17-21-29(22-18-26)41(13-3)14-4)39-35(38-32)27-23-30(36(5,6)7)34(42)31(24-27)37(8,9)10/h15-24,42H,11-14H2,1-10H3,(H,38,39). The van der Waals surface area contributed by atoms with Gasteiger partial charge in [-0.3, -0.25) is 0 Å². The van der Waals surface area contributed by atoms with E-state index in [1.807, 2.05) is 0 Å². The molecule has 1 heterocycles. The maximum absolute atomic E-state index is 11.3. The molecule has 5 heteroatoms. The predicted molar refractivity (Wildman–Crippen MR) is 181 cm³/mol. The summed E-state index contributed by atoms with van der Waals surface area (Å²) in [5.41, 5.74) is 8.91. The third kappa shape index (κ3) is 6.35. The van der Waals surface area contributed by atoms with Crippen LogP contribution in [0.1, 0.15) is 80.4 Å². The molecule has 224 valence electrons. The highest BCUT2D eigenvalue weighted by atomic mass is 16.3. The van der Waals surface area contributed by atoms with Crippen LogP contribution in [-0.2, 0) is 10.8 Å². The Morgan fingerprint density at radius 2 is 1.02 bits per heavy atom. The molecule has 0 amide bonds. The highest BCUT2D eigenvalue weighted by molar-refractivity contribution is 5.83. The number of phenols is 1. The largest absolute Gasteiger partial charge is 0.507 e. The van der Waals surface area contributed by atoms with E-state index in [1.54, 1.807) is 0 Å². The molecular formula is C37H50N4O. The second kappa shape index (κ2) is 12.2. The van der Waals surface area contributed by atoms with Crippen molar-refractivity contribution in [1.82, 2.24) is 9.97 Å². The molecule has 0 aliphatic carbocycles. The first-order valence-electron chi connectivity index (χ1n) is 15.5. The zero-order chi connectivity index (χ0) is 30.8. The number of nitrogens with zero attached hydrogens (tertiary/aromatic N) is 3. The Labute approximate surface area is 253 Å². The Hall–Kier alpha value is -3.73. The van der Waals surface area contributed by atoms with Gasteiger partial charge in [0.2, 0.25) is 0 Å². The van der Waals surface area contributed by atoms with Crippen LogP contribution in [0.15, 0.2) is 60.7 Å². The molecule has 42 heavy (non-hydrogen) atoms. The SMILES string of the molecule is CCN(CC)c1ccc(-c2nc(-c3cc(C(C)(C)C)c(O)c(C(C)(C)C)c3)[nH]c2-c2ccc(N(CC)CC)cc2)cc1. The summed E-state index contributed by atoms with van der Waals surface area (Å²) in [6.07, 6.45) is 0. The molecular weight excluding hydrogens is 516 g/mol. The summed E-state index contributed by atoms with van der Waals surface area (Å²) in [4.78, 5) is 13.7. The molecule has 0 aliphatic rings. The number of anilines is 2. The molecule has 0 spiro atoms. The summed E-state index contributed by atoms with van der Waals surface area (Å²) < 4.78 is 0. The molecule has 0 saturated carbocycles. The quantitative estimate of drug-likeness (QED) is 0.212. The molecule has 0 saturated heterocycles. The lowest BCUT2D eigenvalue weighted by molar-refractivity contribution is 0.423. The number of aromatic amines is 1. The molecule has 4 aromatic rings. The monoisotopic (exact) mass is 566 g/mol. The van der Waals surface area contributed by atoms with Gasteiger partial charge in [0.15, 0.2) is 0 Å². The highest BCUT2D eigenvalue weighted by Gasteiger charge is 2.28. The van der Waals surface area contributed by atoms with E-state index >= 15 is 0 Å². The minimum absolute atomic E-state index is 0.223. The fraction of sp³-hybridized carbons (Fsp3) is 0.432. The molecule has 0 fully saturated rings. The Bertz CT molecular complexity index is 1370. The van der Waals surface area contributed by atoms with Gasteiger partial charge < -0.3 is 19.9 Å². The second-order valence-corrected chi connectivity index (χ2v) is 13.2. The van der Waals surface area contributed by atoms with Crippen LogP contribution in [0.3, 0.4) is 0 Å².